The third-order valence-corrected chi connectivity index (χ3v) is 9.73. The fourth-order valence-corrected chi connectivity index (χ4v) is 7.37. The normalized spacial score (nSPS) is 12.8. The van der Waals surface area contributed by atoms with E-state index in [1.807, 2.05) is 24.3 Å². The van der Waals surface area contributed by atoms with Gasteiger partial charge in [-0.15, -0.1) is 0 Å². The molecule has 0 amide bonds. The van der Waals surface area contributed by atoms with E-state index in [0.717, 1.165) is 78.2 Å². The maximum absolute atomic E-state index is 4.51. The summed E-state index contributed by atoms with van der Waals surface area (Å²) >= 11 is 2.50. The molecule has 1 aliphatic heterocycles. The molecule has 0 atom stereocenters. The number of nitrogens with zero attached hydrogens (tertiary/aromatic N) is 6. The Kier molecular flexibility index (Phi) is 7.07. The minimum Gasteiger partial charge on any atom is -0.313 e. The predicted molar refractivity (Wildman–Crippen MR) is 201 cm³/mol. The second kappa shape index (κ2) is 12.0. The zero-order chi connectivity index (χ0) is 31.9. The smallest absolute Gasteiger partial charge is 0.112 e. The molecule has 8 heteroatoms. The van der Waals surface area contributed by atoms with Gasteiger partial charge < -0.3 is 9.80 Å². The van der Waals surface area contributed by atoms with Gasteiger partial charge in [0.2, 0.25) is 0 Å². The summed E-state index contributed by atoms with van der Waals surface area (Å²) in [5, 5.41) is 0. The number of hydrogen-bond acceptors (Lipinski definition) is 8. The van der Waals surface area contributed by atoms with Crippen molar-refractivity contribution in [2.24, 2.45) is 0 Å². The van der Waals surface area contributed by atoms with Crippen molar-refractivity contribution in [2.75, 3.05) is 9.80 Å². The van der Waals surface area contributed by atoms with E-state index < -0.39 is 0 Å². The summed E-state index contributed by atoms with van der Waals surface area (Å²) in [7, 11) is 0. The van der Waals surface area contributed by atoms with Crippen LogP contribution in [-0.2, 0) is 0 Å². The average Bonchev–Trinajstić information content (AvgIpc) is 3.84. The summed E-state index contributed by atoms with van der Waals surface area (Å²) in [4.78, 5) is 4.54. The molecule has 3 heterocycles. The van der Waals surface area contributed by atoms with Gasteiger partial charge in [0.25, 0.3) is 0 Å². The Hall–Kier alpha value is -5.96. The molecule has 9 rings (SSSR count). The summed E-state index contributed by atoms with van der Waals surface area (Å²) < 4.78 is 17.8. The molecule has 0 saturated carbocycles. The van der Waals surface area contributed by atoms with Crippen molar-refractivity contribution >= 4 is 80.4 Å². The Morgan fingerprint density at radius 1 is 0.396 bits per heavy atom. The molecule has 2 aromatic heterocycles. The fraction of sp³-hybridized carbons (Fsp3) is 0. The van der Waals surface area contributed by atoms with Crippen LogP contribution in [0.25, 0.3) is 56.5 Å². The van der Waals surface area contributed by atoms with Gasteiger partial charge in [-0.2, -0.15) is 17.5 Å². The molecule has 228 valence electrons. The van der Waals surface area contributed by atoms with Gasteiger partial charge in [-0.3, -0.25) is 0 Å². The largest absolute Gasteiger partial charge is 0.313 e. The van der Waals surface area contributed by atoms with Crippen molar-refractivity contribution in [1.82, 2.24) is 17.5 Å². The molecule has 0 fully saturated rings. The minimum absolute atomic E-state index is 0.935. The number of rotatable bonds is 6. The first-order chi connectivity index (χ1) is 23.8. The minimum atomic E-state index is 0.935. The van der Waals surface area contributed by atoms with E-state index in [4.69, 9.17) is 0 Å². The van der Waals surface area contributed by atoms with Crippen LogP contribution in [-0.4, -0.2) is 17.5 Å². The van der Waals surface area contributed by atoms with Crippen molar-refractivity contribution < 1.29 is 0 Å². The second-order valence-corrected chi connectivity index (χ2v) is 12.5. The molecule has 6 nitrogen and oxygen atoms in total. The van der Waals surface area contributed by atoms with E-state index in [-0.39, 0.29) is 0 Å². The van der Waals surface area contributed by atoms with Crippen LogP contribution >= 0.6 is 23.5 Å². The molecule has 0 unspecified atom stereocenters. The van der Waals surface area contributed by atoms with Gasteiger partial charge in [0.1, 0.15) is 22.1 Å². The second-order valence-electron chi connectivity index (χ2n) is 11.5. The number of para-hydroxylation sites is 4. The zero-order valence-electron chi connectivity index (χ0n) is 25.5. The third-order valence-electron chi connectivity index (χ3n) is 8.65. The number of anilines is 4. The molecule has 48 heavy (non-hydrogen) atoms. The molecule has 0 N–H and O–H groups in total. The molecule has 8 aromatic rings. The lowest BCUT2D eigenvalue weighted by atomic mass is 10.0. The summed E-state index contributed by atoms with van der Waals surface area (Å²) in [5.41, 5.74) is 14.9. The third kappa shape index (κ3) is 5.04. The van der Waals surface area contributed by atoms with Crippen LogP contribution in [0, 0.1) is 0 Å². The monoisotopic (exact) mass is 654 g/mol. The quantitative estimate of drug-likeness (QED) is 0.178. The first-order valence-corrected chi connectivity index (χ1v) is 17.0. The Balaban J connectivity index is 1.00. The van der Waals surface area contributed by atoms with Crippen molar-refractivity contribution in [3.05, 3.63) is 157 Å². The summed E-state index contributed by atoms with van der Waals surface area (Å²) in [6, 6.07) is 46.6. The number of hydrogen-bond donors (Lipinski definition) is 0. The molecule has 0 saturated heterocycles. The Morgan fingerprint density at radius 3 is 1.19 bits per heavy atom. The molecule has 1 aliphatic rings. The number of aromatic nitrogens is 4. The average molecular weight is 655 g/mol. The van der Waals surface area contributed by atoms with Gasteiger partial charge in [-0.25, -0.2) is 0 Å². The first kappa shape index (κ1) is 28.3. The van der Waals surface area contributed by atoms with Crippen LogP contribution < -0.4 is 9.80 Å². The standard InChI is InChI=1S/C40H26N6S2/c1-2-12-36-35(11-1)45(25-23-27-15-19-29(20-16-27)31-7-5-9-33-39(31)43-47-41-33)37-13-3-4-14-38(37)46(36)26-24-28-17-21-30(22-18-28)32-8-6-10-34-40(32)44-48-42-34/h1-26H/b25-23+,26-24+. The van der Waals surface area contributed by atoms with Crippen LogP contribution in [0.1, 0.15) is 11.1 Å². The zero-order valence-corrected chi connectivity index (χ0v) is 27.1. The van der Waals surface area contributed by atoms with Crippen LogP contribution in [0.4, 0.5) is 22.7 Å². The van der Waals surface area contributed by atoms with Gasteiger partial charge in [-0.1, -0.05) is 97.1 Å². The van der Waals surface area contributed by atoms with Crippen molar-refractivity contribution in [2.45, 2.75) is 0 Å². The Morgan fingerprint density at radius 2 is 0.792 bits per heavy atom. The Bertz CT molecular complexity index is 2260. The van der Waals surface area contributed by atoms with Crippen molar-refractivity contribution in [3.8, 4) is 22.3 Å². The van der Waals surface area contributed by atoms with Crippen molar-refractivity contribution in [3.63, 3.8) is 0 Å². The van der Waals surface area contributed by atoms with Gasteiger partial charge in [0, 0.05) is 23.5 Å². The van der Waals surface area contributed by atoms with Crippen LogP contribution in [0.3, 0.4) is 0 Å². The van der Waals surface area contributed by atoms with E-state index >= 15 is 0 Å². The Labute approximate surface area is 285 Å². The lowest BCUT2D eigenvalue weighted by molar-refractivity contribution is 1.17. The summed E-state index contributed by atoms with van der Waals surface area (Å²) in [6.07, 6.45) is 8.65. The molecular weight excluding hydrogens is 629 g/mol. The van der Waals surface area contributed by atoms with Gasteiger partial charge >= 0.3 is 0 Å². The van der Waals surface area contributed by atoms with Crippen molar-refractivity contribution in [1.29, 1.82) is 0 Å². The topological polar surface area (TPSA) is 58.0 Å². The summed E-state index contributed by atoms with van der Waals surface area (Å²) in [5.74, 6) is 0. The van der Waals surface area contributed by atoms with Gasteiger partial charge in [0.05, 0.1) is 46.2 Å². The van der Waals surface area contributed by atoms with Crippen LogP contribution in [0.2, 0.25) is 0 Å². The van der Waals surface area contributed by atoms with Gasteiger partial charge in [0.15, 0.2) is 0 Å². The maximum atomic E-state index is 4.51. The molecule has 0 bridgehead atoms. The van der Waals surface area contributed by atoms with E-state index in [1.54, 1.807) is 0 Å². The van der Waals surface area contributed by atoms with Crippen LogP contribution in [0.15, 0.2) is 146 Å². The van der Waals surface area contributed by atoms with E-state index in [2.05, 4.69) is 161 Å². The molecular formula is C40H26N6S2. The molecule has 0 spiro atoms. The number of benzene rings is 6. The SMILES string of the molecule is C(=C\N1c2ccccc2N(/C=C/c2ccc(-c3cccc4nsnc34)cc2)c2ccccc21)/c1ccc(-c2cccc3nsnc23)cc1. The molecule has 0 aliphatic carbocycles. The highest BCUT2D eigenvalue weighted by atomic mass is 32.1. The lowest BCUT2D eigenvalue weighted by Gasteiger charge is -2.37. The highest BCUT2D eigenvalue weighted by Gasteiger charge is 2.25. The predicted octanol–water partition coefficient (Wildman–Crippen LogP) is 11.0. The summed E-state index contributed by atoms with van der Waals surface area (Å²) in [6.45, 7) is 0. The highest BCUT2D eigenvalue weighted by Crippen LogP contribution is 2.48. The van der Waals surface area contributed by atoms with E-state index in [1.165, 1.54) is 23.5 Å². The first-order valence-electron chi connectivity index (χ1n) is 15.6. The maximum Gasteiger partial charge on any atom is 0.112 e. The lowest BCUT2D eigenvalue weighted by Crippen LogP contribution is -2.22. The van der Waals surface area contributed by atoms with E-state index in [9.17, 15) is 0 Å². The highest BCUT2D eigenvalue weighted by molar-refractivity contribution is 7.00. The number of fused-ring (bicyclic) bond motifs is 4. The fourth-order valence-electron chi connectivity index (χ4n) is 6.27. The molecule has 6 aromatic carbocycles. The van der Waals surface area contributed by atoms with E-state index in [0.29, 0.717) is 0 Å². The van der Waals surface area contributed by atoms with Crippen LogP contribution in [0.5, 0.6) is 0 Å². The van der Waals surface area contributed by atoms with Gasteiger partial charge in [-0.05, 0) is 70.8 Å². The molecule has 0 radical (unpaired) electrons.